The zero-order valence-corrected chi connectivity index (χ0v) is 16.4. The number of hydrogen-bond acceptors (Lipinski definition) is 4. The number of nitrogens with zero attached hydrogens (tertiary/aromatic N) is 2. The van der Waals surface area contributed by atoms with Crippen LogP contribution >= 0.6 is 11.6 Å². The molecular weight excluding hydrogens is 392 g/mol. The van der Waals surface area contributed by atoms with E-state index in [1.165, 1.54) is 12.1 Å². The molecule has 3 aromatic rings. The van der Waals surface area contributed by atoms with Crippen LogP contribution in [-0.4, -0.2) is 21.6 Å². The molecular formula is C21H19ClN4O3. The summed E-state index contributed by atoms with van der Waals surface area (Å²) in [7, 11) is 0. The average molecular weight is 411 g/mol. The number of aromatic nitrogens is 2. The highest BCUT2D eigenvalue weighted by Crippen LogP contribution is 2.15. The highest BCUT2D eigenvalue weighted by atomic mass is 35.5. The summed E-state index contributed by atoms with van der Waals surface area (Å²) in [6, 6.07) is 16.7. The molecule has 0 saturated heterocycles. The topological polar surface area (TPSA) is 93.1 Å². The third kappa shape index (κ3) is 5.76. The van der Waals surface area contributed by atoms with Gasteiger partial charge in [-0.15, -0.1) is 0 Å². The van der Waals surface area contributed by atoms with E-state index in [0.29, 0.717) is 16.4 Å². The lowest BCUT2D eigenvalue weighted by Crippen LogP contribution is -2.28. The number of aryl methyl sites for hydroxylation is 2. The predicted octanol–water partition coefficient (Wildman–Crippen LogP) is 3.49. The summed E-state index contributed by atoms with van der Waals surface area (Å²) in [6.45, 7) is 1.96. The summed E-state index contributed by atoms with van der Waals surface area (Å²) in [5.41, 5.74) is 1.89. The van der Waals surface area contributed by atoms with Crippen LogP contribution in [0.4, 0.5) is 11.4 Å². The van der Waals surface area contributed by atoms with E-state index < -0.39 is 11.5 Å². The largest absolute Gasteiger partial charge is 0.326 e. The van der Waals surface area contributed by atoms with Crippen LogP contribution in [-0.2, 0) is 11.3 Å². The van der Waals surface area contributed by atoms with Gasteiger partial charge in [0.05, 0.1) is 6.54 Å². The van der Waals surface area contributed by atoms with Gasteiger partial charge in [0.25, 0.3) is 11.5 Å². The molecule has 2 aromatic carbocycles. The summed E-state index contributed by atoms with van der Waals surface area (Å²) < 4.78 is 1.10. The maximum Gasteiger partial charge on any atom is 0.276 e. The second kappa shape index (κ2) is 9.16. The first kappa shape index (κ1) is 20.3. The van der Waals surface area contributed by atoms with E-state index >= 15 is 0 Å². The van der Waals surface area contributed by atoms with Crippen LogP contribution in [0.15, 0.2) is 65.5 Å². The molecule has 0 aliphatic rings. The Kier molecular flexibility index (Phi) is 6.41. The smallest absolute Gasteiger partial charge is 0.276 e. The monoisotopic (exact) mass is 410 g/mol. The normalized spacial score (nSPS) is 10.4. The molecule has 1 aromatic heterocycles. The van der Waals surface area contributed by atoms with Gasteiger partial charge in [-0.1, -0.05) is 29.8 Å². The highest BCUT2D eigenvalue weighted by Gasteiger charge is 2.11. The van der Waals surface area contributed by atoms with Gasteiger partial charge in [0.1, 0.15) is 5.69 Å². The Labute approximate surface area is 172 Å². The highest BCUT2D eigenvalue weighted by molar-refractivity contribution is 6.30. The summed E-state index contributed by atoms with van der Waals surface area (Å²) in [6.07, 6.45) is 0.0162. The van der Waals surface area contributed by atoms with Crippen LogP contribution in [0.5, 0.6) is 0 Å². The number of amides is 2. The molecule has 0 aliphatic heterocycles. The number of carbonyl (C=O) groups excluding carboxylic acids is 2. The Balaban J connectivity index is 1.65. The van der Waals surface area contributed by atoms with Crippen molar-refractivity contribution in [3.63, 3.8) is 0 Å². The number of hydrogen-bond donors (Lipinski definition) is 2. The Morgan fingerprint density at radius 3 is 2.45 bits per heavy atom. The van der Waals surface area contributed by atoms with Gasteiger partial charge >= 0.3 is 0 Å². The average Bonchev–Trinajstić information content (AvgIpc) is 2.67. The number of benzene rings is 2. The van der Waals surface area contributed by atoms with Crippen molar-refractivity contribution in [2.24, 2.45) is 0 Å². The summed E-state index contributed by atoms with van der Waals surface area (Å²) in [5, 5.41) is 10.0. The van der Waals surface area contributed by atoms with E-state index in [4.69, 9.17) is 11.6 Å². The lowest BCUT2D eigenvalue weighted by Gasteiger charge is -2.09. The fourth-order valence-corrected chi connectivity index (χ4v) is 2.84. The molecule has 0 saturated carbocycles. The van der Waals surface area contributed by atoms with Crippen molar-refractivity contribution in [3.8, 4) is 0 Å². The van der Waals surface area contributed by atoms with Gasteiger partial charge in [-0.3, -0.25) is 14.4 Å². The molecule has 2 amide bonds. The molecule has 1 heterocycles. The van der Waals surface area contributed by atoms with Gasteiger partial charge in [0, 0.05) is 28.9 Å². The molecule has 7 nitrogen and oxygen atoms in total. The van der Waals surface area contributed by atoms with Gasteiger partial charge in [0.15, 0.2) is 0 Å². The second-order valence-electron chi connectivity index (χ2n) is 6.41. The number of carbonyl (C=O) groups is 2. The first-order chi connectivity index (χ1) is 13.9. The number of rotatable bonds is 6. The molecule has 2 N–H and O–H groups in total. The minimum Gasteiger partial charge on any atom is -0.326 e. The first-order valence-corrected chi connectivity index (χ1v) is 9.30. The van der Waals surface area contributed by atoms with E-state index in [9.17, 15) is 14.4 Å². The zero-order chi connectivity index (χ0) is 20.8. The van der Waals surface area contributed by atoms with Crippen LogP contribution < -0.4 is 16.2 Å². The van der Waals surface area contributed by atoms with Crippen molar-refractivity contribution < 1.29 is 9.59 Å². The third-order valence-corrected chi connectivity index (χ3v) is 4.27. The first-order valence-electron chi connectivity index (χ1n) is 8.92. The molecule has 8 heteroatoms. The molecule has 29 heavy (non-hydrogen) atoms. The van der Waals surface area contributed by atoms with Crippen LogP contribution in [0, 0.1) is 6.92 Å². The van der Waals surface area contributed by atoms with E-state index in [1.54, 1.807) is 30.3 Å². The van der Waals surface area contributed by atoms with Crippen molar-refractivity contribution in [1.29, 1.82) is 0 Å². The zero-order valence-electron chi connectivity index (χ0n) is 15.7. The lowest BCUT2D eigenvalue weighted by atomic mass is 10.2. The van der Waals surface area contributed by atoms with Gasteiger partial charge in [-0.05, 0) is 48.9 Å². The van der Waals surface area contributed by atoms with Crippen molar-refractivity contribution in [2.45, 2.75) is 19.9 Å². The van der Waals surface area contributed by atoms with E-state index in [0.717, 1.165) is 10.2 Å². The molecule has 0 fully saturated rings. The predicted molar refractivity (Wildman–Crippen MR) is 112 cm³/mol. The summed E-state index contributed by atoms with van der Waals surface area (Å²) in [4.78, 5) is 36.6. The Hall–Kier alpha value is -3.45. The minimum absolute atomic E-state index is 0.0162. The van der Waals surface area contributed by atoms with E-state index in [2.05, 4.69) is 15.7 Å². The van der Waals surface area contributed by atoms with Gasteiger partial charge < -0.3 is 10.6 Å². The van der Waals surface area contributed by atoms with Crippen molar-refractivity contribution in [2.75, 3.05) is 10.6 Å². The van der Waals surface area contributed by atoms with Crippen LogP contribution in [0.1, 0.15) is 22.5 Å². The molecule has 148 valence electrons. The third-order valence-electron chi connectivity index (χ3n) is 4.03. The fraction of sp³-hybridized carbons (Fsp3) is 0.143. The van der Waals surface area contributed by atoms with E-state index in [-0.39, 0.29) is 24.6 Å². The number of halogens is 1. The lowest BCUT2D eigenvalue weighted by molar-refractivity contribution is -0.116. The molecule has 0 unspecified atom stereocenters. The van der Waals surface area contributed by atoms with Crippen molar-refractivity contribution >= 4 is 34.8 Å². The Morgan fingerprint density at radius 2 is 1.72 bits per heavy atom. The Bertz CT molecular complexity index is 1110. The van der Waals surface area contributed by atoms with Gasteiger partial charge in [0.2, 0.25) is 5.91 Å². The number of anilines is 2. The quantitative estimate of drug-likeness (QED) is 0.650. The van der Waals surface area contributed by atoms with Gasteiger partial charge in [-0.2, -0.15) is 5.10 Å². The maximum absolute atomic E-state index is 12.4. The maximum atomic E-state index is 12.4. The fourth-order valence-electron chi connectivity index (χ4n) is 2.65. The molecule has 3 rings (SSSR count). The summed E-state index contributed by atoms with van der Waals surface area (Å²) >= 11 is 5.89. The molecule has 0 aliphatic carbocycles. The molecule has 0 bridgehead atoms. The summed E-state index contributed by atoms with van der Waals surface area (Å²) in [5.74, 6) is -0.733. The van der Waals surface area contributed by atoms with Crippen LogP contribution in [0.2, 0.25) is 5.02 Å². The van der Waals surface area contributed by atoms with E-state index in [1.807, 2.05) is 25.1 Å². The standard InChI is InChI=1S/C21H19ClN4O3/c1-14-4-2-6-16(12-14)24-21(29)18-8-9-20(28)26(25-18)11-10-19(27)23-17-7-3-5-15(22)13-17/h2-9,12-13H,10-11H2,1H3,(H,23,27)(H,24,29). The van der Waals surface area contributed by atoms with Crippen LogP contribution in [0.25, 0.3) is 0 Å². The minimum atomic E-state index is -0.437. The van der Waals surface area contributed by atoms with Crippen LogP contribution in [0.3, 0.4) is 0 Å². The Morgan fingerprint density at radius 1 is 1.00 bits per heavy atom. The molecule has 0 atom stereocenters. The second-order valence-corrected chi connectivity index (χ2v) is 6.85. The number of nitrogens with one attached hydrogen (secondary N) is 2. The van der Waals surface area contributed by atoms with Gasteiger partial charge in [-0.25, -0.2) is 4.68 Å². The molecule has 0 radical (unpaired) electrons. The van der Waals surface area contributed by atoms with Crippen molar-refractivity contribution in [3.05, 3.63) is 87.3 Å². The SMILES string of the molecule is Cc1cccc(NC(=O)c2ccc(=O)n(CCC(=O)Nc3cccc(Cl)c3)n2)c1. The van der Waals surface area contributed by atoms with Crippen molar-refractivity contribution in [1.82, 2.24) is 9.78 Å². The molecule has 0 spiro atoms.